The molecule has 0 fully saturated rings. The van der Waals surface area contributed by atoms with Crippen LogP contribution in [0.25, 0.3) is 0 Å². The van der Waals surface area contributed by atoms with Crippen LogP contribution in [0.4, 0.5) is 0 Å². The number of carbonyl (C=O) groups excluding carboxylic acids is 1. The van der Waals surface area contributed by atoms with Crippen LogP contribution in [0.5, 0.6) is 0 Å². The van der Waals surface area contributed by atoms with Crippen LogP contribution in [0.1, 0.15) is 20.8 Å². The predicted octanol–water partition coefficient (Wildman–Crippen LogP) is -0.208. The molecule has 0 aromatic heterocycles. The van der Waals surface area contributed by atoms with Gasteiger partial charge in [-0.15, -0.1) is 0 Å². The molecule has 0 radical (unpaired) electrons. The zero-order valence-corrected chi connectivity index (χ0v) is 9.05. The van der Waals surface area contributed by atoms with E-state index in [0.717, 1.165) is 6.54 Å². The lowest BCUT2D eigenvalue weighted by atomic mass is 10.1. The van der Waals surface area contributed by atoms with Crippen molar-refractivity contribution in [3.8, 4) is 0 Å². The van der Waals surface area contributed by atoms with Crippen LogP contribution in [0.3, 0.4) is 0 Å². The van der Waals surface area contributed by atoms with Gasteiger partial charge in [0.05, 0.1) is 6.54 Å². The first-order chi connectivity index (χ1) is 5.85. The average molecular weight is 187 g/mol. The van der Waals surface area contributed by atoms with Gasteiger partial charge in [0.1, 0.15) is 0 Å². The van der Waals surface area contributed by atoms with Crippen molar-refractivity contribution in [1.29, 1.82) is 0 Å². The molecule has 3 N–H and O–H groups in total. The smallest absolute Gasteiger partial charge is 0.234 e. The zero-order chi connectivity index (χ0) is 10.5. The van der Waals surface area contributed by atoms with Crippen LogP contribution >= 0.6 is 0 Å². The van der Waals surface area contributed by atoms with Gasteiger partial charge < -0.3 is 11.1 Å². The SMILES string of the molecule is CN(CCN)CC(=O)NC(C)(C)C. The van der Waals surface area contributed by atoms with E-state index < -0.39 is 0 Å². The lowest BCUT2D eigenvalue weighted by Gasteiger charge is -2.22. The highest BCUT2D eigenvalue weighted by molar-refractivity contribution is 5.78. The molecule has 4 nitrogen and oxygen atoms in total. The number of nitrogens with zero attached hydrogens (tertiary/aromatic N) is 1. The van der Waals surface area contributed by atoms with E-state index in [1.54, 1.807) is 0 Å². The predicted molar refractivity (Wildman–Crippen MR) is 54.4 cm³/mol. The van der Waals surface area contributed by atoms with Crippen molar-refractivity contribution in [2.24, 2.45) is 5.73 Å². The Morgan fingerprint density at radius 1 is 1.46 bits per heavy atom. The Morgan fingerprint density at radius 2 is 2.00 bits per heavy atom. The molecular weight excluding hydrogens is 166 g/mol. The minimum absolute atomic E-state index is 0.0449. The topological polar surface area (TPSA) is 58.4 Å². The van der Waals surface area contributed by atoms with E-state index in [1.165, 1.54) is 0 Å². The number of carbonyl (C=O) groups is 1. The molecule has 0 heterocycles. The Hall–Kier alpha value is -0.610. The fraction of sp³-hybridized carbons (Fsp3) is 0.889. The van der Waals surface area contributed by atoms with Crippen molar-refractivity contribution in [1.82, 2.24) is 10.2 Å². The number of rotatable bonds is 4. The van der Waals surface area contributed by atoms with Crippen molar-refractivity contribution < 1.29 is 4.79 Å². The van der Waals surface area contributed by atoms with Gasteiger partial charge in [-0.1, -0.05) is 0 Å². The Bertz CT molecular complexity index is 163. The summed E-state index contributed by atoms with van der Waals surface area (Å²) in [5.41, 5.74) is 5.21. The van der Waals surface area contributed by atoms with E-state index in [1.807, 2.05) is 32.7 Å². The summed E-state index contributed by atoms with van der Waals surface area (Å²) in [4.78, 5) is 13.3. The minimum atomic E-state index is -0.152. The fourth-order valence-electron chi connectivity index (χ4n) is 1.00. The maximum absolute atomic E-state index is 11.4. The Balaban J connectivity index is 3.74. The number of hydrogen-bond acceptors (Lipinski definition) is 3. The van der Waals surface area contributed by atoms with Gasteiger partial charge in [0.2, 0.25) is 5.91 Å². The summed E-state index contributed by atoms with van der Waals surface area (Å²) in [6.07, 6.45) is 0. The van der Waals surface area contributed by atoms with Gasteiger partial charge in [0.15, 0.2) is 0 Å². The molecule has 0 spiro atoms. The second-order valence-corrected chi connectivity index (χ2v) is 4.32. The normalized spacial score (nSPS) is 11.8. The molecule has 0 aromatic rings. The molecule has 0 rings (SSSR count). The summed E-state index contributed by atoms with van der Waals surface area (Å²) in [6, 6.07) is 0. The molecule has 0 aliphatic carbocycles. The molecule has 1 amide bonds. The van der Waals surface area contributed by atoms with Gasteiger partial charge in [-0.25, -0.2) is 0 Å². The van der Waals surface area contributed by atoms with Crippen LogP contribution in [0, 0.1) is 0 Å². The minimum Gasteiger partial charge on any atom is -0.350 e. The lowest BCUT2D eigenvalue weighted by Crippen LogP contribution is -2.45. The summed E-state index contributed by atoms with van der Waals surface area (Å²) >= 11 is 0. The van der Waals surface area contributed by atoms with Crippen LogP contribution in [0.15, 0.2) is 0 Å². The second kappa shape index (κ2) is 5.19. The second-order valence-electron chi connectivity index (χ2n) is 4.32. The molecule has 0 saturated heterocycles. The number of likely N-dealkylation sites (N-methyl/N-ethyl adjacent to an activating group) is 1. The third-order valence-electron chi connectivity index (χ3n) is 1.44. The van der Waals surface area contributed by atoms with Crippen molar-refractivity contribution in [2.45, 2.75) is 26.3 Å². The van der Waals surface area contributed by atoms with Crippen LogP contribution in [-0.4, -0.2) is 43.0 Å². The van der Waals surface area contributed by atoms with Crippen molar-refractivity contribution >= 4 is 5.91 Å². The molecule has 4 heteroatoms. The highest BCUT2D eigenvalue weighted by atomic mass is 16.2. The average Bonchev–Trinajstić information content (AvgIpc) is 1.81. The fourth-order valence-corrected chi connectivity index (χ4v) is 1.00. The largest absolute Gasteiger partial charge is 0.350 e. The maximum atomic E-state index is 11.4. The Labute approximate surface area is 80.5 Å². The molecule has 0 bridgehead atoms. The third-order valence-corrected chi connectivity index (χ3v) is 1.44. The summed E-state index contributed by atoms with van der Waals surface area (Å²) in [7, 11) is 1.88. The zero-order valence-electron chi connectivity index (χ0n) is 9.05. The summed E-state index contributed by atoms with van der Waals surface area (Å²) in [5.74, 6) is 0.0449. The number of amides is 1. The van der Waals surface area contributed by atoms with Gasteiger partial charge in [-0.05, 0) is 27.8 Å². The molecule has 0 aliphatic rings. The van der Waals surface area contributed by atoms with Crippen LogP contribution < -0.4 is 11.1 Å². The van der Waals surface area contributed by atoms with E-state index in [2.05, 4.69) is 5.32 Å². The molecular formula is C9H21N3O. The van der Waals surface area contributed by atoms with E-state index in [0.29, 0.717) is 13.1 Å². The molecule has 78 valence electrons. The van der Waals surface area contributed by atoms with E-state index in [-0.39, 0.29) is 11.4 Å². The Kier molecular flexibility index (Phi) is 4.95. The van der Waals surface area contributed by atoms with Gasteiger partial charge in [0, 0.05) is 18.6 Å². The molecule has 0 aromatic carbocycles. The lowest BCUT2D eigenvalue weighted by molar-refractivity contribution is -0.123. The quantitative estimate of drug-likeness (QED) is 0.640. The van der Waals surface area contributed by atoms with Gasteiger partial charge in [0.25, 0.3) is 0 Å². The van der Waals surface area contributed by atoms with Gasteiger partial charge >= 0.3 is 0 Å². The van der Waals surface area contributed by atoms with Crippen LogP contribution in [0.2, 0.25) is 0 Å². The first-order valence-corrected chi connectivity index (χ1v) is 4.55. The standard InChI is InChI=1S/C9H21N3O/c1-9(2,3)11-8(13)7-12(4)6-5-10/h5-7,10H2,1-4H3,(H,11,13). The highest BCUT2D eigenvalue weighted by Gasteiger charge is 2.14. The first kappa shape index (κ1) is 12.4. The molecule has 13 heavy (non-hydrogen) atoms. The first-order valence-electron chi connectivity index (χ1n) is 4.55. The summed E-state index contributed by atoms with van der Waals surface area (Å²) in [5, 5.41) is 2.89. The van der Waals surface area contributed by atoms with Crippen molar-refractivity contribution in [2.75, 3.05) is 26.7 Å². The van der Waals surface area contributed by atoms with Gasteiger partial charge in [-0.3, -0.25) is 9.69 Å². The molecule has 0 unspecified atom stereocenters. The van der Waals surface area contributed by atoms with Crippen molar-refractivity contribution in [3.63, 3.8) is 0 Å². The van der Waals surface area contributed by atoms with E-state index in [9.17, 15) is 4.79 Å². The van der Waals surface area contributed by atoms with Crippen LogP contribution in [-0.2, 0) is 4.79 Å². The van der Waals surface area contributed by atoms with E-state index in [4.69, 9.17) is 5.73 Å². The Morgan fingerprint density at radius 3 is 2.38 bits per heavy atom. The maximum Gasteiger partial charge on any atom is 0.234 e. The number of nitrogens with one attached hydrogen (secondary N) is 1. The molecule has 0 saturated carbocycles. The molecule has 0 atom stereocenters. The van der Waals surface area contributed by atoms with E-state index >= 15 is 0 Å². The molecule has 0 aliphatic heterocycles. The van der Waals surface area contributed by atoms with Crippen molar-refractivity contribution in [3.05, 3.63) is 0 Å². The monoisotopic (exact) mass is 187 g/mol. The highest BCUT2D eigenvalue weighted by Crippen LogP contribution is 1.97. The third kappa shape index (κ3) is 7.74. The van der Waals surface area contributed by atoms with Gasteiger partial charge in [-0.2, -0.15) is 0 Å². The number of hydrogen-bond donors (Lipinski definition) is 2. The number of nitrogens with two attached hydrogens (primary N) is 1. The summed E-state index contributed by atoms with van der Waals surface area (Å²) < 4.78 is 0. The summed E-state index contributed by atoms with van der Waals surface area (Å²) in [6.45, 7) is 7.64.